The summed E-state index contributed by atoms with van der Waals surface area (Å²) in [5.41, 5.74) is 0.437. The predicted molar refractivity (Wildman–Crippen MR) is 68.0 cm³/mol. The first-order valence-electron chi connectivity index (χ1n) is 6.26. The van der Waals surface area contributed by atoms with Crippen molar-refractivity contribution in [2.24, 2.45) is 5.41 Å². The molecule has 1 saturated carbocycles. The Labute approximate surface area is 107 Å². The fourth-order valence-electron chi connectivity index (χ4n) is 2.09. The molecular weight excluding hydrogens is 231 g/mol. The zero-order valence-corrected chi connectivity index (χ0v) is 10.5. The smallest absolute Gasteiger partial charge is 0.167 e. The third-order valence-corrected chi connectivity index (χ3v) is 3.41. The normalized spacial score (nSPS) is 16.5. The monoisotopic (exact) mass is 248 g/mol. The summed E-state index contributed by atoms with van der Waals surface area (Å²) in [6.45, 7) is 2.84. The molecule has 1 aromatic rings. The molecule has 0 radical (unpaired) electrons. The van der Waals surface area contributed by atoms with Crippen LogP contribution in [0.25, 0.3) is 0 Å². The molecule has 0 saturated heterocycles. The topological polar surface area (TPSA) is 45.0 Å². The Morgan fingerprint density at radius 3 is 2.78 bits per heavy atom. The minimum atomic E-state index is -0.374. The van der Waals surface area contributed by atoms with Crippen molar-refractivity contribution in [2.45, 2.75) is 26.2 Å². The molecule has 2 rings (SSSR count). The van der Waals surface area contributed by atoms with E-state index in [1.165, 1.54) is 6.07 Å². The van der Waals surface area contributed by atoms with Crippen LogP contribution in [0.2, 0.25) is 0 Å². The zero-order chi connectivity index (χ0) is 13.0. The summed E-state index contributed by atoms with van der Waals surface area (Å²) in [5.74, 6) is -0.108. The maximum atomic E-state index is 13.6. The van der Waals surface area contributed by atoms with Gasteiger partial charge in [0.15, 0.2) is 11.6 Å². The summed E-state index contributed by atoms with van der Waals surface area (Å²) in [5, 5.41) is 12.2. The Bertz CT molecular complexity index is 463. The molecule has 0 bridgehead atoms. The van der Waals surface area contributed by atoms with Crippen LogP contribution in [-0.4, -0.2) is 13.2 Å². The molecular formula is C14H17FN2O. The first-order chi connectivity index (χ1) is 8.69. The van der Waals surface area contributed by atoms with Crippen LogP contribution in [0, 0.1) is 22.6 Å². The molecule has 0 aromatic heterocycles. The molecule has 1 N–H and O–H groups in total. The maximum absolute atomic E-state index is 13.6. The van der Waals surface area contributed by atoms with E-state index in [1.807, 2.05) is 6.92 Å². The largest absolute Gasteiger partial charge is 0.491 e. The minimum Gasteiger partial charge on any atom is -0.491 e. The van der Waals surface area contributed by atoms with Gasteiger partial charge in [0.05, 0.1) is 18.1 Å². The lowest BCUT2D eigenvalue weighted by molar-refractivity contribution is 0.233. The van der Waals surface area contributed by atoms with E-state index in [1.54, 1.807) is 12.1 Å². The zero-order valence-electron chi connectivity index (χ0n) is 10.5. The molecule has 1 aromatic carbocycles. The van der Waals surface area contributed by atoms with Crippen molar-refractivity contribution in [2.75, 3.05) is 18.5 Å². The summed E-state index contributed by atoms with van der Waals surface area (Å²) in [7, 11) is 0. The van der Waals surface area contributed by atoms with Gasteiger partial charge in [0.2, 0.25) is 0 Å². The number of benzene rings is 1. The lowest BCUT2D eigenvalue weighted by Crippen LogP contribution is -2.35. The van der Waals surface area contributed by atoms with Crippen molar-refractivity contribution in [3.63, 3.8) is 0 Å². The molecule has 18 heavy (non-hydrogen) atoms. The summed E-state index contributed by atoms with van der Waals surface area (Å²) in [6, 6.07) is 7.15. The first-order valence-corrected chi connectivity index (χ1v) is 6.26. The molecule has 0 heterocycles. The number of rotatable bonds is 5. The Morgan fingerprint density at radius 1 is 1.50 bits per heavy atom. The van der Waals surface area contributed by atoms with Crippen LogP contribution in [0.4, 0.5) is 10.1 Å². The molecule has 4 heteroatoms. The van der Waals surface area contributed by atoms with E-state index < -0.39 is 0 Å². The number of anilines is 1. The molecule has 0 aliphatic heterocycles. The van der Waals surface area contributed by atoms with E-state index in [2.05, 4.69) is 11.4 Å². The summed E-state index contributed by atoms with van der Waals surface area (Å²) in [6.07, 6.45) is 2.96. The number of nitrogens with zero attached hydrogens (tertiary/aromatic N) is 1. The van der Waals surface area contributed by atoms with Crippen molar-refractivity contribution in [3.05, 3.63) is 24.0 Å². The molecule has 1 fully saturated rings. The van der Waals surface area contributed by atoms with E-state index >= 15 is 0 Å². The van der Waals surface area contributed by atoms with Gasteiger partial charge in [-0.1, -0.05) is 6.42 Å². The molecule has 3 nitrogen and oxygen atoms in total. The van der Waals surface area contributed by atoms with Crippen LogP contribution >= 0.6 is 0 Å². The van der Waals surface area contributed by atoms with Crippen molar-refractivity contribution in [3.8, 4) is 11.8 Å². The molecule has 0 atom stereocenters. The fraction of sp³-hybridized carbons (Fsp3) is 0.500. The first kappa shape index (κ1) is 12.7. The van der Waals surface area contributed by atoms with Crippen molar-refractivity contribution in [1.29, 1.82) is 5.26 Å². The van der Waals surface area contributed by atoms with Gasteiger partial charge in [0, 0.05) is 18.3 Å². The van der Waals surface area contributed by atoms with E-state index in [4.69, 9.17) is 10.00 Å². The highest BCUT2D eigenvalue weighted by Gasteiger charge is 2.36. The SMILES string of the molecule is CCOc1ccc(NCC2(C#N)CCC2)cc1F. The molecule has 0 unspecified atom stereocenters. The van der Waals surface area contributed by atoms with Crippen LogP contribution in [0.3, 0.4) is 0 Å². The number of halogens is 1. The van der Waals surface area contributed by atoms with Gasteiger partial charge >= 0.3 is 0 Å². The van der Waals surface area contributed by atoms with Gasteiger partial charge in [-0.2, -0.15) is 5.26 Å². The number of ether oxygens (including phenoxy) is 1. The third kappa shape index (κ3) is 2.56. The molecule has 0 amide bonds. The van der Waals surface area contributed by atoms with Crippen molar-refractivity contribution in [1.82, 2.24) is 0 Å². The summed E-state index contributed by atoms with van der Waals surface area (Å²) >= 11 is 0. The van der Waals surface area contributed by atoms with Gasteiger partial charge in [0.1, 0.15) is 0 Å². The predicted octanol–water partition coefficient (Wildman–Crippen LogP) is 3.33. The Hall–Kier alpha value is -1.76. The van der Waals surface area contributed by atoms with Crippen LogP contribution in [-0.2, 0) is 0 Å². The molecule has 0 spiro atoms. The van der Waals surface area contributed by atoms with Gasteiger partial charge in [0.25, 0.3) is 0 Å². The summed E-state index contributed by atoms with van der Waals surface area (Å²) < 4.78 is 18.7. The van der Waals surface area contributed by atoms with Gasteiger partial charge in [-0.15, -0.1) is 0 Å². The highest BCUT2D eigenvalue weighted by Crippen LogP contribution is 2.40. The number of nitriles is 1. The molecule has 96 valence electrons. The lowest BCUT2D eigenvalue weighted by atomic mass is 9.70. The average Bonchev–Trinajstić information content (AvgIpc) is 2.32. The van der Waals surface area contributed by atoms with Crippen LogP contribution in [0.15, 0.2) is 18.2 Å². The Morgan fingerprint density at radius 2 is 2.28 bits per heavy atom. The van der Waals surface area contributed by atoms with E-state index in [0.29, 0.717) is 18.8 Å². The van der Waals surface area contributed by atoms with Crippen molar-refractivity contribution >= 4 is 5.69 Å². The fourth-order valence-corrected chi connectivity index (χ4v) is 2.09. The van der Waals surface area contributed by atoms with Crippen molar-refractivity contribution < 1.29 is 9.13 Å². The van der Waals surface area contributed by atoms with Gasteiger partial charge in [-0.05, 0) is 31.9 Å². The highest BCUT2D eigenvalue weighted by molar-refractivity contribution is 5.47. The second-order valence-electron chi connectivity index (χ2n) is 4.68. The summed E-state index contributed by atoms with van der Waals surface area (Å²) in [4.78, 5) is 0. The van der Waals surface area contributed by atoms with Crippen LogP contribution < -0.4 is 10.1 Å². The Kier molecular flexibility index (Phi) is 3.71. The lowest BCUT2D eigenvalue weighted by Gasteiger charge is -2.35. The average molecular weight is 248 g/mol. The Balaban J connectivity index is 1.98. The third-order valence-electron chi connectivity index (χ3n) is 3.41. The van der Waals surface area contributed by atoms with E-state index in [-0.39, 0.29) is 17.0 Å². The quantitative estimate of drug-likeness (QED) is 0.869. The number of hydrogen-bond acceptors (Lipinski definition) is 3. The van der Waals surface area contributed by atoms with Crippen LogP contribution in [0.5, 0.6) is 5.75 Å². The van der Waals surface area contributed by atoms with E-state index in [9.17, 15) is 4.39 Å². The number of hydrogen-bond donors (Lipinski definition) is 1. The van der Waals surface area contributed by atoms with Crippen LogP contribution in [0.1, 0.15) is 26.2 Å². The number of nitrogens with one attached hydrogen (secondary N) is 1. The van der Waals surface area contributed by atoms with Gasteiger partial charge in [-0.25, -0.2) is 4.39 Å². The second kappa shape index (κ2) is 5.26. The van der Waals surface area contributed by atoms with Gasteiger partial charge in [-0.3, -0.25) is 0 Å². The second-order valence-corrected chi connectivity index (χ2v) is 4.68. The molecule has 1 aliphatic carbocycles. The maximum Gasteiger partial charge on any atom is 0.167 e. The highest BCUT2D eigenvalue weighted by atomic mass is 19.1. The standard InChI is InChI=1S/C14H17FN2O/c1-2-18-13-5-4-11(8-12(13)15)17-10-14(9-16)6-3-7-14/h4-5,8,17H,2-3,6-7,10H2,1H3. The van der Waals surface area contributed by atoms with E-state index in [0.717, 1.165) is 19.3 Å². The van der Waals surface area contributed by atoms with Gasteiger partial charge < -0.3 is 10.1 Å². The minimum absolute atomic E-state index is 0.255. The molecule has 1 aliphatic rings.